The lowest BCUT2D eigenvalue weighted by Gasteiger charge is -2.31. The highest BCUT2D eigenvalue weighted by atomic mass is 15.2. The van der Waals surface area contributed by atoms with Gasteiger partial charge in [-0.1, -0.05) is 6.42 Å². The lowest BCUT2D eigenvalue weighted by Crippen LogP contribution is -2.34. The standard InChI is InChI=1S/C12H22N2/c1-2-11(3-1)8-14-7-5-12(10-14)4-6-13-9-12/h11,13H,1-10H2. The fourth-order valence-electron chi connectivity index (χ4n) is 3.37. The van der Waals surface area contributed by atoms with Crippen LogP contribution < -0.4 is 5.32 Å². The van der Waals surface area contributed by atoms with Gasteiger partial charge in [-0.2, -0.15) is 0 Å². The van der Waals surface area contributed by atoms with E-state index in [1.165, 1.54) is 64.8 Å². The maximum Gasteiger partial charge on any atom is 0.00512 e. The van der Waals surface area contributed by atoms with Crippen molar-refractivity contribution in [2.75, 3.05) is 32.7 Å². The number of likely N-dealkylation sites (tertiary alicyclic amines) is 1. The molecule has 1 atom stereocenters. The third kappa shape index (κ3) is 1.59. The van der Waals surface area contributed by atoms with E-state index < -0.39 is 0 Å². The van der Waals surface area contributed by atoms with Gasteiger partial charge in [0.25, 0.3) is 0 Å². The zero-order valence-corrected chi connectivity index (χ0v) is 9.10. The summed E-state index contributed by atoms with van der Waals surface area (Å²) in [4.78, 5) is 2.73. The average molecular weight is 194 g/mol. The van der Waals surface area contributed by atoms with Crippen LogP contribution in [-0.4, -0.2) is 37.6 Å². The van der Waals surface area contributed by atoms with Crippen molar-refractivity contribution < 1.29 is 0 Å². The Balaban J connectivity index is 1.53. The van der Waals surface area contributed by atoms with E-state index in [9.17, 15) is 0 Å². The first-order chi connectivity index (χ1) is 6.86. The molecular formula is C12H22N2. The number of hydrogen-bond donors (Lipinski definition) is 1. The van der Waals surface area contributed by atoms with Crippen molar-refractivity contribution in [1.82, 2.24) is 10.2 Å². The molecule has 80 valence electrons. The van der Waals surface area contributed by atoms with Crippen molar-refractivity contribution in [3.8, 4) is 0 Å². The van der Waals surface area contributed by atoms with E-state index in [0.717, 1.165) is 5.92 Å². The van der Waals surface area contributed by atoms with Crippen molar-refractivity contribution in [2.24, 2.45) is 11.3 Å². The van der Waals surface area contributed by atoms with Crippen LogP contribution in [0.4, 0.5) is 0 Å². The van der Waals surface area contributed by atoms with E-state index in [0.29, 0.717) is 5.41 Å². The zero-order valence-electron chi connectivity index (χ0n) is 9.10. The minimum Gasteiger partial charge on any atom is -0.316 e. The van der Waals surface area contributed by atoms with Gasteiger partial charge in [0.05, 0.1) is 0 Å². The molecule has 0 amide bonds. The molecule has 3 fully saturated rings. The fraction of sp³-hybridized carbons (Fsp3) is 1.00. The molecule has 14 heavy (non-hydrogen) atoms. The summed E-state index contributed by atoms with van der Waals surface area (Å²) in [6.45, 7) is 6.71. The molecular weight excluding hydrogens is 172 g/mol. The molecule has 2 saturated heterocycles. The normalized spacial score (nSPS) is 39.4. The first kappa shape index (κ1) is 9.17. The van der Waals surface area contributed by atoms with Gasteiger partial charge in [-0.05, 0) is 50.1 Å². The summed E-state index contributed by atoms with van der Waals surface area (Å²) in [5.74, 6) is 1.06. The molecule has 2 nitrogen and oxygen atoms in total. The molecule has 0 aromatic heterocycles. The van der Waals surface area contributed by atoms with Crippen LogP contribution in [0, 0.1) is 11.3 Å². The van der Waals surface area contributed by atoms with Gasteiger partial charge in [0.1, 0.15) is 0 Å². The molecule has 2 heteroatoms. The second kappa shape index (κ2) is 3.49. The van der Waals surface area contributed by atoms with Gasteiger partial charge in [-0.15, -0.1) is 0 Å². The highest BCUT2D eigenvalue weighted by molar-refractivity contribution is 4.96. The van der Waals surface area contributed by atoms with Gasteiger partial charge >= 0.3 is 0 Å². The summed E-state index contributed by atoms with van der Waals surface area (Å²) in [7, 11) is 0. The Morgan fingerprint density at radius 1 is 1.29 bits per heavy atom. The molecule has 2 heterocycles. The van der Waals surface area contributed by atoms with E-state index in [2.05, 4.69) is 10.2 Å². The number of rotatable bonds is 2. The average Bonchev–Trinajstić information content (AvgIpc) is 2.71. The Labute approximate surface area is 87.0 Å². The smallest absolute Gasteiger partial charge is 0.00512 e. The number of nitrogens with one attached hydrogen (secondary N) is 1. The monoisotopic (exact) mass is 194 g/mol. The van der Waals surface area contributed by atoms with E-state index in [1.54, 1.807) is 0 Å². The van der Waals surface area contributed by atoms with Crippen LogP contribution in [0.5, 0.6) is 0 Å². The highest BCUT2D eigenvalue weighted by Gasteiger charge is 2.40. The van der Waals surface area contributed by atoms with Gasteiger partial charge in [0, 0.05) is 19.6 Å². The fourth-order valence-corrected chi connectivity index (χ4v) is 3.37. The second-order valence-corrected chi connectivity index (χ2v) is 5.71. The number of hydrogen-bond acceptors (Lipinski definition) is 2. The van der Waals surface area contributed by atoms with E-state index in [4.69, 9.17) is 0 Å². The minimum absolute atomic E-state index is 0.684. The predicted octanol–water partition coefficient (Wildman–Crippen LogP) is 1.47. The van der Waals surface area contributed by atoms with Crippen LogP contribution in [0.15, 0.2) is 0 Å². The van der Waals surface area contributed by atoms with Crippen LogP contribution in [0.3, 0.4) is 0 Å². The molecule has 0 aromatic carbocycles. The third-order valence-electron chi connectivity index (χ3n) is 4.59. The Bertz CT molecular complexity index is 204. The SMILES string of the molecule is C1CC(CN2CCC3(CCNC3)C2)C1. The molecule has 1 unspecified atom stereocenters. The van der Waals surface area contributed by atoms with Gasteiger partial charge in [-0.25, -0.2) is 0 Å². The first-order valence-electron chi connectivity index (χ1n) is 6.29. The summed E-state index contributed by atoms with van der Waals surface area (Å²) in [6.07, 6.45) is 7.37. The molecule has 1 saturated carbocycles. The second-order valence-electron chi connectivity index (χ2n) is 5.71. The van der Waals surface area contributed by atoms with Gasteiger partial charge in [-0.3, -0.25) is 0 Å². The van der Waals surface area contributed by atoms with Crippen molar-refractivity contribution in [3.63, 3.8) is 0 Å². The zero-order chi connectivity index (χ0) is 9.43. The van der Waals surface area contributed by atoms with Gasteiger partial charge < -0.3 is 10.2 Å². The molecule has 1 spiro atoms. The Morgan fingerprint density at radius 2 is 2.21 bits per heavy atom. The Morgan fingerprint density at radius 3 is 2.86 bits per heavy atom. The number of nitrogens with zero attached hydrogens (tertiary/aromatic N) is 1. The van der Waals surface area contributed by atoms with Crippen LogP contribution in [-0.2, 0) is 0 Å². The molecule has 1 N–H and O–H groups in total. The largest absolute Gasteiger partial charge is 0.316 e. The van der Waals surface area contributed by atoms with E-state index >= 15 is 0 Å². The lowest BCUT2D eigenvalue weighted by atomic mass is 9.84. The topological polar surface area (TPSA) is 15.3 Å². The minimum atomic E-state index is 0.684. The van der Waals surface area contributed by atoms with Gasteiger partial charge in [0.15, 0.2) is 0 Å². The van der Waals surface area contributed by atoms with Crippen LogP contribution in [0.2, 0.25) is 0 Å². The van der Waals surface area contributed by atoms with Crippen LogP contribution >= 0.6 is 0 Å². The molecule has 2 aliphatic heterocycles. The summed E-state index contributed by atoms with van der Waals surface area (Å²) in [6, 6.07) is 0. The molecule has 3 aliphatic rings. The lowest BCUT2D eigenvalue weighted by molar-refractivity contribution is 0.188. The van der Waals surface area contributed by atoms with Crippen LogP contribution in [0.25, 0.3) is 0 Å². The summed E-state index contributed by atoms with van der Waals surface area (Å²) >= 11 is 0. The van der Waals surface area contributed by atoms with Gasteiger partial charge in [0.2, 0.25) is 0 Å². The molecule has 0 aromatic rings. The highest BCUT2D eigenvalue weighted by Crippen LogP contribution is 2.37. The summed E-state index contributed by atoms with van der Waals surface area (Å²) in [5.41, 5.74) is 0.684. The van der Waals surface area contributed by atoms with E-state index in [-0.39, 0.29) is 0 Å². The van der Waals surface area contributed by atoms with Crippen molar-refractivity contribution in [3.05, 3.63) is 0 Å². The van der Waals surface area contributed by atoms with E-state index in [1.807, 2.05) is 0 Å². The first-order valence-corrected chi connectivity index (χ1v) is 6.29. The Kier molecular flexibility index (Phi) is 2.29. The summed E-state index contributed by atoms with van der Waals surface area (Å²) < 4.78 is 0. The molecule has 3 rings (SSSR count). The van der Waals surface area contributed by atoms with Crippen molar-refractivity contribution >= 4 is 0 Å². The molecule has 1 aliphatic carbocycles. The maximum absolute atomic E-state index is 3.53. The summed E-state index contributed by atoms with van der Waals surface area (Å²) in [5, 5.41) is 3.53. The van der Waals surface area contributed by atoms with Crippen LogP contribution in [0.1, 0.15) is 32.1 Å². The predicted molar refractivity (Wildman–Crippen MR) is 58.3 cm³/mol. The van der Waals surface area contributed by atoms with Crippen molar-refractivity contribution in [1.29, 1.82) is 0 Å². The third-order valence-corrected chi connectivity index (χ3v) is 4.59. The molecule has 0 radical (unpaired) electrons. The van der Waals surface area contributed by atoms with Crippen molar-refractivity contribution in [2.45, 2.75) is 32.1 Å². The molecule has 0 bridgehead atoms. The Hall–Kier alpha value is -0.0800. The quantitative estimate of drug-likeness (QED) is 0.716. The maximum atomic E-state index is 3.53.